The van der Waals surface area contributed by atoms with Crippen molar-refractivity contribution in [3.05, 3.63) is 36.3 Å². The fourth-order valence-electron chi connectivity index (χ4n) is 3.02. The molecule has 3 heterocycles. The van der Waals surface area contributed by atoms with E-state index in [4.69, 9.17) is 0 Å². The predicted molar refractivity (Wildman–Crippen MR) is 92.2 cm³/mol. The second-order valence-electron chi connectivity index (χ2n) is 6.17. The summed E-state index contributed by atoms with van der Waals surface area (Å²) in [6.45, 7) is 1.72. The highest BCUT2D eigenvalue weighted by Gasteiger charge is 2.29. The molecule has 0 bridgehead atoms. The molecule has 0 unspecified atom stereocenters. The number of aryl methyl sites for hydroxylation is 1. The van der Waals surface area contributed by atoms with Gasteiger partial charge in [0.25, 0.3) is 0 Å². The topological polar surface area (TPSA) is 71.3 Å². The van der Waals surface area contributed by atoms with Crippen LogP contribution in [0.25, 0.3) is 0 Å². The van der Waals surface area contributed by atoms with E-state index in [1.54, 1.807) is 33.5 Å². The Kier molecular flexibility index (Phi) is 4.86. The largest absolute Gasteiger partial charge is 0.354 e. The molecule has 1 saturated heterocycles. The zero-order valence-corrected chi connectivity index (χ0v) is 14.9. The molecule has 130 valence electrons. The van der Waals surface area contributed by atoms with Gasteiger partial charge in [0.05, 0.1) is 6.20 Å². The van der Waals surface area contributed by atoms with Gasteiger partial charge in [-0.15, -0.1) is 0 Å². The molecule has 24 heavy (non-hydrogen) atoms. The smallest absolute Gasteiger partial charge is 0.246 e. The molecule has 0 aromatic carbocycles. The third kappa shape index (κ3) is 3.44. The molecule has 2 aromatic rings. The van der Waals surface area contributed by atoms with E-state index in [0.29, 0.717) is 25.5 Å². The van der Waals surface area contributed by atoms with E-state index in [1.807, 2.05) is 25.2 Å². The average molecular weight is 349 g/mol. The Morgan fingerprint density at radius 1 is 1.25 bits per heavy atom. The van der Waals surface area contributed by atoms with Gasteiger partial charge in [0, 0.05) is 51.7 Å². The average Bonchev–Trinajstić information content (AvgIpc) is 3.00. The Bertz CT molecular complexity index is 796. The summed E-state index contributed by atoms with van der Waals surface area (Å²) in [5, 5.41) is 4.15. The standard InChI is InChI=1S/C16H23N5O2S/c1-19(12-14-11-18-20(2)13-14)16-15(7-6-8-17-16)24(22,23)21-9-4-3-5-10-21/h6-8,11,13H,3-5,9-10,12H2,1-2H3. The quantitative estimate of drug-likeness (QED) is 0.820. The lowest BCUT2D eigenvalue weighted by Gasteiger charge is -2.28. The van der Waals surface area contributed by atoms with Crippen molar-refractivity contribution < 1.29 is 8.42 Å². The minimum absolute atomic E-state index is 0.276. The summed E-state index contributed by atoms with van der Waals surface area (Å²) in [5.41, 5.74) is 1.01. The van der Waals surface area contributed by atoms with Crippen LogP contribution in [0.5, 0.6) is 0 Å². The molecule has 7 nitrogen and oxygen atoms in total. The van der Waals surface area contributed by atoms with Crippen molar-refractivity contribution in [3.8, 4) is 0 Å². The predicted octanol–water partition coefficient (Wildman–Crippen LogP) is 1.63. The molecule has 0 radical (unpaired) electrons. The van der Waals surface area contributed by atoms with Crippen molar-refractivity contribution in [2.75, 3.05) is 25.0 Å². The van der Waals surface area contributed by atoms with Gasteiger partial charge in [0.15, 0.2) is 0 Å². The Morgan fingerprint density at radius 3 is 2.67 bits per heavy atom. The lowest BCUT2D eigenvalue weighted by Crippen LogP contribution is -2.36. The van der Waals surface area contributed by atoms with Gasteiger partial charge in [0.2, 0.25) is 10.0 Å². The number of pyridine rings is 1. The van der Waals surface area contributed by atoms with Gasteiger partial charge in [-0.25, -0.2) is 13.4 Å². The van der Waals surface area contributed by atoms with E-state index in [0.717, 1.165) is 24.8 Å². The molecule has 1 aliphatic heterocycles. The summed E-state index contributed by atoms with van der Waals surface area (Å²) >= 11 is 0. The zero-order valence-electron chi connectivity index (χ0n) is 14.1. The maximum atomic E-state index is 13.0. The molecule has 0 amide bonds. The van der Waals surface area contributed by atoms with Crippen LogP contribution >= 0.6 is 0 Å². The van der Waals surface area contributed by atoms with Crippen LogP contribution in [0, 0.1) is 0 Å². The summed E-state index contributed by atoms with van der Waals surface area (Å²) in [4.78, 5) is 6.47. The van der Waals surface area contributed by atoms with Gasteiger partial charge in [-0.1, -0.05) is 6.42 Å². The molecule has 2 aromatic heterocycles. The molecule has 1 aliphatic rings. The van der Waals surface area contributed by atoms with E-state index in [9.17, 15) is 8.42 Å². The minimum Gasteiger partial charge on any atom is -0.354 e. The molecule has 3 rings (SSSR count). The van der Waals surface area contributed by atoms with E-state index < -0.39 is 10.0 Å². The third-order valence-electron chi connectivity index (χ3n) is 4.22. The number of aromatic nitrogens is 3. The van der Waals surface area contributed by atoms with Crippen LogP contribution in [0.3, 0.4) is 0 Å². The summed E-state index contributed by atoms with van der Waals surface area (Å²) in [6, 6.07) is 3.32. The van der Waals surface area contributed by atoms with Crippen molar-refractivity contribution in [1.82, 2.24) is 19.1 Å². The molecule has 1 fully saturated rings. The van der Waals surface area contributed by atoms with E-state index in [1.165, 1.54) is 0 Å². The number of hydrogen-bond acceptors (Lipinski definition) is 5. The Morgan fingerprint density at radius 2 is 2.00 bits per heavy atom. The molecular formula is C16H23N5O2S. The zero-order chi connectivity index (χ0) is 17.2. The second kappa shape index (κ2) is 6.90. The van der Waals surface area contributed by atoms with Gasteiger partial charge in [-0.3, -0.25) is 4.68 Å². The van der Waals surface area contributed by atoms with Gasteiger partial charge in [0.1, 0.15) is 10.7 Å². The maximum absolute atomic E-state index is 13.0. The summed E-state index contributed by atoms with van der Waals surface area (Å²) in [6.07, 6.45) is 8.24. The van der Waals surface area contributed by atoms with Crippen LogP contribution in [-0.4, -0.2) is 47.6 Å². The monoisotopic (exact) mass is 349 g/mol. The van der Waals surface area contributed by atoms with E-state index in [-0.39, 0.29) is 4.90 Å². The Hall–Kier alpha value is -1.93. The highest BCUT2D eigenvalue weighted by molar-refractivity contribution is 7.89. The number of sulfonamides is 1. The lowest BCUT2D eigenvalue weighted by atomic mass is 10.2. The highest BCUT2D eigenvalue weighted by Crippen LogP contribution is 2.27. The Labute approximate surface area is 143 Å². The highest BCUT2D eigenvalue weighted by atomic mass is 32.2. The van der Waals surface area contributed by atoms with Crippen LogP contribution in [0.15, 0.2) is 35.6 Å². The first-order valence-electron chi connectivity index (χ1n) is 8.12. The normalized spacial score (nSPS) is 16.2. The molecule has 0 spiro atoms. The van der Waals surface area contributed by atoms with Gasteiger partial charge < -0.3 is 4.90 Å². The molecular weight excluding hydrogens is 326 g/mol. The summed E-state index contributed by atoms with van der Waals surface area (Å²) < 4.78 is 29.3. The van der Waals surface area contributed by atoms with Gasteiger partial charge >= 0.3 is 0 Å². The minimum atomic E-state index is -3.52. The number of anilines is 1. The number of rotatable bonds is 5. The van der Waals surface area contributed by atoms with Crippen LogP contribution in [0.2, 0.25) is 0 Å². The third-order valence-corrected chi connectivity index (χ3v) is 6.14. The van der Waals surface area contributed by atoms with Crippen molar-refractivity contribution in [1.29, 1.82) is 0 Å². The molecule has 0 saturated carbocycles. The van der Waals surface area contributed by atoms with Crippen molar-refractivity contribution in [2.45, 2.75) is 30.7 Å². The van der Waals surface area contributed by atoms with Crippen molar-refractivity contribution in [3.63, 3.8) is 0 Å². The van der Waals surface area contributed by atoms with Gasteiger partial charge in [-0.2, -0.15) is 9.40 Å². The SMILES string of the molecule is CN(Cc1cnn(C)c1)c1ncccc1S(=O)(=O)N1CCCCC1. The molecule has 0 N–H and O–H groups in total. The first-order chi connectivity index (χ1) is 11.5. The molecule has 0 atom stereocenters. The number of hydrogen-bond donors (Lipinski definition) is 0. The van der Waals surface area contributed by atoms with Crippen LogP contribution in [0.4, 0.5) is 5.82 Å². The first-order valence-corrected chi connectivity index (χ1v) is 9.56. The van der Waals surface area contributed by atoms with E-state index >= 15 is 0 Å². The second-order valence-corrected chi connectivity index (χ2v) is 8.07. The van der Waals surface area contributed by atoms with Crippen LogP contribution < -0.4 is 4.90 Å². The van der Waals surface area contributed by atoms with Crippen molar-refractivity contribution >= 4 is 15.8 Å². The molecule has 8 heteroatoms. The first kappa shape index (κ1) is 16.9. The maximum Gasteiger partial charge on any atom is 0.246 e. The van der Waals surface area contributed by atoms with Gasteiger partial charge in [-0.05, 0) is 25.0 Å². The fourth-order valence-corrected chi connectivity index (χ4v) is 4.72. The fraction of sp³-hybridized carbons (Fsp3) is 0.500. The number of piperidine rings is 1. The number of nitrogens with zero attached hydrogens (tertiary/aromatic N) is 5. The van der Waals surface area contributed by atoms with Crippen LogP contribution in [-0.2, 0) is 23.6 Å². The summed E-state index contributed by atoms with van der Waals surface area (Å²) in [5.74, 6) is 0.479. The lowest BCUT2D eigenvalue weighted by molar-refractivity contribution is 0.346. The van der Waals surface area contributed by atoms with E-state index in [2.05, 4.69) is 10.1 Å². The Balaban J connectivity index is 1.89. The van der Waals surface area contributed by atoms with Crippen LogP contribution in [0.1, 0.15) is 24.8 Å². The summed E-state index contributed by atoms with van der Waals surface area (Å²) in [7, 11) is 0.193. The molecule has 0 aliphatic carbocycles. The van der Waals surface area contributed by atoms with Crippen molar-refractivity contribution in [2.24, 2.45) is 7.05 Å².